The van der Waals surface area contributed by atoms with Gasteiger partial charge in [-0.1, -0.05) is 0 Å². The lowest BCUT2D eigenvalue weighted by molar-refractivity contribution is -0.283. The summed E-state index contributed by atoms with van der Waals surface area (Å²) < 4.78 is 22.5. The minimum Gasteiger partial charge on any atom is -0.394 e. The molecule has 78 valence electrons. The highest BCUT2D eigenvalue weighted by molar-refractivity contribution is 4.88. The fourth-order valence-electron chi connectivity index (χ4n) is 1.24. The third kappa shape index (κ3) is 1.97. The van der Waals surface area contributed by atoms with Crippen LogP contribution in [0.5, 0.6) is 0 Å². The topological polar surface area (TPSA) is 79.2 Å². The number of alkyl halides is 1. The number of aliphatic hydroxyl groups excluding tert-OH is 3. The van der Waals surface area contributed by atoms with Crippen molar-refractivity contribution in [3.8, 4) is 0 Å². The van der Waals surface area contributed by atoms with Crippen LogP contribution in [0.2, 0.25) is 0 Å². The van der Waals surface area contributed by atoms with Crippen LogP contribution < -0.4 is 0 Å². The van der Waals surface area contributed by atoms with Crippen molar-refractivity contribution in [1.82, 2.24) is 0 Å². The summed E-state index contributed by atoms with van der Waals surface area (Å²) in [7, 11) is 1.26. The van der Waals surface area contributed by atoms with Gasteiger partial charge in [-0.25, -0.2) is 4.39 Å². The Hall–Kier alpha value is -0.270. The summed E-state index contributed by atoms with van der Waals surface area (Å²) >= 11 is 0. The van der Waals surface area contributed by atoms with E-state index >= 15 is 0 Å². The molecule has 0 amide bonds. The van der Waals surface area contributed by atoms with Crippen molar-refractivity contribution in [2.75, 3.05) is 13.7 Å². The highest BCUT2D eigenvalue weighted by atomic mass is 19.1. The minimum atomic E-state index is -1.80. The molecule has 0 radical (unpaired) electrons. The first-order valence-corrected chi connectivity index (χ1v) is 3.91. The summed E-state index contributed by atoms with van der Waals surface area (Å²) in [6.07, 6.45) is -7.06. The highest BCUT2D eigenvalue weighted by Gasteiger charge is 2.44. The summed E-state index contributed by atoms with van der Waals surface area (Å²) in [4.78, 5) is 0. The first-order valence-electron chi connectivity index (χ1n) is 3.91. The van der Waals surface area contributed by atoms with E-state index in [9.17, 15) is 9.50 Å². The zero-order valence-electron chi connectivity index (χ0n) is 7.13. The number of ether oxygens (including phenoxy) is 2. The van der Waals surface area contributed by atoms with Crippen molar-refractivity contribution in [2.45, 2.75) is 30.8 Å². The molecular weight excluding hydrogens is 183 g/mol. The van der Waals surface area contributed by atoms with Gasteiger partial charge in [0.2, 0.25) is 0 Å². The van der Waals surface area contributed by atoms with Crippen LogP contribution in [-0.2, 0) is 9.47 Å². The molecule has 1 aliphatic heterocycles. The van der Waals surface area contributed by atoms with Crippen molar-refractivity contribution in [3.05, 3.63) is 0 Å². The third-order valence-corrected chi connectivity index (χ3v) is 2.03. The van der Waals surface area contributed by atoms with E-state index in [0.29, 0.717) is 0 Å². The van der Waals surface area contributed by atoms with E-state index in [2.05, 4.69) is 4.74 Å². The molecule has 0 aromatic carbocycles. The number of halogens is 1. The third-order valence-electron chi connectivity index (χ3n) is 2.03. The molecule has 1 rings (SSSR count). The zero-order valence-corrected chi connectivity index (χ0v) is 7.13. The Balaban J connectivity index is 2.66. The lowest BCUT2D eigenvalue weighted by Crippen LogP contribution is -2.57. The number of rotatable bonds is 2. The van der Waals surface area contributed by atoms with Gasteiger partial charge in [-0.05, 0) is 0 Å². The van der Waals surface area contributed by atoms with Crippen LogP contribution in [0.3, 0.4) is 0 Å². The van der Waals surface area contributed by atoms with Gasteiger partial charge in [0.05, 0.1) is 6.61 Å². The van der Waals surface area contributed by atoms with Gasteiger partial charge in [-0.15, -0.1) is 0 Å². The summed E-state index contributed by atoms with van der Waals surface area (Å²) in [6.45, 7) is -0.565. The normalized spacial score (nSPS) is 46.4. The van der Waals surface area contributed by atoms with Crippen molar-refractivity contribution >= 4 is 0 Å². The first kappa shape index (κ1) is 10.8. The molecule has 0 aliphatic carbocycles. The Bertz CT molecular complexity index is 147. The van der Waals surface area contributed by atoms with Crippen LogP contribution in [0.4, 0.5) is 4.39 Å². The Morgan fingerprint density at radius 3 is 2.46 bits per heavy atom. The molecule has 0 aromatic rings. The molecule has 0 aromatic heterocycles. The van der Waals surface area contributed by atoms with Crippen molar-refractivity contribution in [2.24, 2.45) is 0 Å². The average molecular weight is 196 g/mol. The molecule has 2 unspecified atom stereocenters. The maximum absolute atomic E-state index is 13.1. The van der Waals surface area contributed by atoms with Gasteiger partial charge in [0.25, 0.3) is 0 Å². The van der Waals surface area contributed by atoms with E-state index in [-0.39, 0.29) is 0 Å². The lowest BCUT2D eigenvalue weighted by Gasteiger charge is -2.37. The molecule has 1 aliphatic rings. The van der Waals surface area contributed by atoms with Crippen molar-refractivity contribution < 1.29 is 29.2 Å². The molecule has 13 heavy (non-hydrogen) atoms. The summed E-state index contributed by atoms with van der Waals surface area (Å²) in [6, 6.07) is 0. The second kappa shape index (κ2) is 4.30. The van der Waals surface area contributed by atoms with E-state index in [1.54, 1.807) is 0 Å². The summed E-state index contributed by atoms with van der Waals surface area (Å²) in [5, 5.41) is 27.0. The fraction of sp³-hybridized carbons (Fsp3) is 1.00. The lowest BCUT2D eigenvalue weighted by atomic mass is 10.0. The zero-order chi connectivity index (χ0) is 10.0. The SMILES string of the molecule is CO[C@@H]1OC(CO)[C@@H](F)C(O)[C@@H]1O. The summed E-state index contributed by atoms with van der Waals surface area (Å²) in [5.74, 6) is 0. The van der Waals surface area contributed by atoms with E-state index < -0.39 is 37.4 Å². The van der Waals surface area contributed by atoms with Crippen LogP contribution in [0.25, 0.3) is 0 Å². The smallest absolute Gasteiger partial charge is 0.186 e. The fourth-order valence-corrected chi connectivity index (χ4v) is 1.24. The Morgan fingerprint density at radius 1 is 1.38 bits per heavy atom. The van der Waals surface area contributed by atoms with Gasteiger partial charge in [0.15, 0.2) is 12.5 Å². The maximum atomic E-state index is 13.1. The van der Waals surface area contributed by atoms with Crippen molar-refractivity contribution in [1.29, 1.82) is 0 Å². The van der Waals surface area contributed by atoms with Gasteiger partial charge in [0, 0.05) is 7.11 Å². The van der Waals surface area contributed by atoms with Crippen LogP contribution in [-0.4, -0.2) is 59.8 Å². The maximum Gasteiger partial charge on any atom is 0.186 e. The van der Waals surface area contributed by atoms with E-state index in [1.165, 1.54) is 7.11 Å². The van der Waals surface area contributed by atoms with Crippen LogP contribution in [0.1, 0.15) is 0 Å². The first-order chi connectivity index (χ1) is 6.11. The molecule has 0 spiro atoms. The highest BCUT2D eigenvalue weighted by Crippen LogP contribution is 2.23. The standard InChI is InChI=1S/C7H13FO5/c1-12-7-6(11)5(10)4(8)3(2-9)13-7/h3-7,9-11H,2H2,1H3/t3?,4-,5?,6+,7-/m1/s1. The van der Waals surface area contributed by atoms with Crippen LogP contribution in [0.15, 0.2) is 0 Å². The largest absolute Gasteiger partial charge is 0.394 e. The Kier molecular flexibility index (Phi) is 3.57. The molecule has 5 atom stereocenters. The van der Waals surface area contributed by atoms with Gasteiger partial charge in [-0.2, -0.15) is 0 Å². The van der Waals surface area contributed by atoms with E-state index in [1.807, 2.05) is 0 Å². The number of aliphatic hydroxyl groups is 3. The van der Waals surface area contributed by atoms with Gasteiger partial charge >= 0.3 is 0 Å². The van der Waals surface area contributed by atoms with Gasteiger partial charge in [0.1, 0.15) is 18.3 Å². The monoisotopic (exact) mass is 196 g/mol. The molecular formula is C7H13FO5. The summed E-state index contributed by atoms with van der Waals surface area (Å²) in [5.41, 5.74) is 0. The molecule has 5 nitrogen and oxygen atoms in total. The predicted octanol–water partition coefficient (Wildman–Crippen LogP) is -1.59. The molecule has 0 bridgehead atoms. The molecule has 6 heteroatoms. The second-order valence-corrected chi connectivity index (χ2v) is 2.89. The number of hydrogen-bond acceptors (Lipinski definition) is 5. The van der Waals surface area contributed by atoms with Crippen LogP contribution in [0, 0.1) is 0 Å². The average Bonchev–Trinajstić information content (AvgIpc) is 2.15. The number of methoxy groups -OCH3 is 1. The van der Waals surface area contributed by atoms with Crippen LogP contribution >= 0.6 is 0 Å². The van der Waals surface area contributed by atoms with Gasteiger partial charge < -0.3 is 24.8 Å². The molecule has 1 heterocycles. The molecule has 3 N–H and O–H groups in total. The second-order valence-electron chi connectivity index (χ2n) is 2.89. The minimum absolute atomic E-state index is 0.565. The van der Waals surface area contributed by atoms with Gasteiger partial charge in [-0.3, -0.25) is 0 Å². The Morgan fingerprint density at radius 2 is 2.00 bits per heavy atom. The Labute approximate surface area is 74.7 Å². The predicted molar refractivity (Wildman–Crippen MR) is 39.7 cm³/mol. The quantitative estimate of drug-likeness (QED) is 0.496. The van der Waals surface area contributed by atoms with Crippen molar-refractivity contribution in [3.63, 3.8) is 0 Å². The molecule has 1 fully saturated rings. The molecule has 1 saturated heterocycles. The van der Waals surface area contributed by atoms with E-state index in [4.69, 9.17) is 14.9 Å². The molecule has 0 saturated carbocycles. The number of hydrogen-bond donors (Lipinski definition) is 3. The van der Waals surface area contributed by atoms with E-state index in [0.717, 1.165) is 0 Å².